The number of rotatable bonds is 8. The van der Waals surface area contributed by atoms with E-state index in [2.05, 4.69) is 20.3 Å². The van der Waals surface area contributed by atoms with Gasteiger partial charge in [0.25, 0.3) is 0 Å². The SMILES string of the molecule is CCC(NC(=O)CCc1ncc(-c2ccc(Cl)cc2)o1)c1ncc(-c2ccccc2)[nH]1. The maximum atomic E-state index is 12.5. The summed E-state index contributed by atoms with van der Waals surface area (Å²) in [5.74, 6) is 1.85. The molecule has 2 N–H and O–H groups in total. The molecule has 1 amide bonds. The Bertz CT molecular complexity index is 1140. The lowest BCUT2D eigenvalue weighted by molar-refractivity contribution is -0.122. The number of oxazole rings is 1. The van der Waals surface area contributed by atoms with Crippen LogP contribution in [0.25, 0.3) is 22.6 Å². The molecule has 0 aliphatic rings. The minimum atomic E-state index is -0.181. The van der Waals surface area contributed by atoms with Crippen LogP contribution in [0, 0.1) is 0 Å². The summed E-state index contributed by atoms with van der Waals surface area (Å²) >= 11 is 5.92. The molecule has 2 aromatic heterocycles. The first-order chi connectivity index (χ1) is 15.1. The summed E-state index contributed by atoms with van der Waals surface area (Å²) in [6, 6.07) is 17.1. The summed E-state index contributed by atoms with van der Waals surface area (Å²) < 4.78 is 5.78. The average Bonchev–Trinajstić information content (AvgIpc) is 3.47. The number of halogens is 1. The number of amides is 1. The molecule has 1 unspecified atom stereocenters. The fourth-order valence-electron chi connectivity index (χ4n) is 3.30. The first-order valence-corrected chi connectivity index (χ1v) is 10.6. The molecule has 2 aromatic carbocycles. The number of aromatic nitrogens is 3. The molecule has 0 aliphatic heterocycles. The van der Waals surface area contributed by atoms with Gasteiger partial charge in [0.15, 0.2) is 11.7 Å². The lowest BCUT2D eigenvalue weighted by Gasteiger charge is -2.14. The molecule has 0 radical (unpaired) electrons. The van der Waals surface area contributed by atoms with E-state index >= 15 is 0 Å². The summed E-state index contributed by atoms with van der Waals surface area (Å²) in [6.07, 6.45) is 4.89. The molecule has 6 nitrogen and oxygen atoms in total. The standard InChI is InChI=1S/C24H23ClN4O2/c1-2-19(24-27-14-20(29-24)16-6-4-3-5-7-16)28-22(30)12-13-23-26-15-21(31-23)17-8-10-18(25)11-9-17/h3-11,14-15,19H,2,12-13H2,1H3,(H,27,29)(H,28,30). The molecule has 158 valence electrons. The van der Waals surface area contributed by atoms with Crippen LogP contribution in [-0.2, 0) is 11.2 Å². The Labute approximate surface area is 185 Å². The Kier molecular flexibility index (Phi) is 6.48. The smallest absolute Gasteiger partial charge is 0.221 e. The molecule has 4 rings (SSSR count). The number of H-pyrrole nitrogens is 1. The van der Waals surface area contributed by atoms with Crippen LogP contribution < -0.4 is 5.32 Å². The van der Waals surface area contributed by atoms with Gasteiger partial charge in [0.2, 0.25) is 5.91 Å². The number of aryl methyl sites for hydroxylation is 1. The van der Waals surface area contributed by atoms with Crippen LogP contribution in [0.15, 0.2) is 71.4 Å². The van der Waals surface area contributed by atoms with E-state index in [0.29, 0.717) is 23.1 Å². The van der Waals surface area contributed by atoms with E-state index in [4.69, 9.17) is 16.0 Å². The van der Waals surface area contributed by atoms with Gasteiger partial charge >= 0.3 is 0 Å². The van der Waals surface area contributed by atoms with Crippen molar-refractivity contribution in [1.29, 1.82) is 0 Å². The average molecular weight is 435 g/mol. The largest absolute Gasteiger partial charge is 0.441 e. The van der Waals surface area contributed by atoms with Crippen LogP contribution in [0.4, 0.5) is 0 Å². The molecule has 31 heavy (non-hydrogen) atoms. The predicted molar refractivity (Wildman–Crippen MR) is 120 cm³/mol. The van der Waals surface area contributed by atoms with Crippen molar-refractivity contribution in [3.63, 3.8) is 0 Å². The zero-order valence-electron chi connectivity index (χ0n) is 17.1. The fourth-order valence-corrected chi connectivity index (χ4v) is 3.43. The van der Waals surface area contributed by atoms with Crippen molar-refractivity contribution in [2.75, 3.05) is 0 Å². The van der Waals surface area contributed by atoms with Gasteiger partial charge < -0.3 is 14.7 Å². The van der Waals surface area contributed by atoms with Crippen LogP contribution in [-0.4, -0.2) is 20.9 Å². The Morgan fingerprint density at radius 3 is 2.58 bits per heavy atom. The number of nitrogens with one attached hydrogen (secondary N) is 2. The van der Waals surface area contributed by atoms with Crippen molar-refractivity contribution in [3.8, 4) is 22.6 Å². The number of hydrogen-bond donors (Lipinski definition) is 2. The number of carbonyl (C=O) groups excluding carboxylic acids is 1. The Morgan fingerprint density at radius 1 is 1.06 bits per heavy atom. The number of aromatic amines is 1. The zero-order valence-corrected chi connectivity index (χ0v) is 17.9. The molecule has 0 fully saturated rings. The number of imidazole rings is 1. The van der Waals surface area contributed by atoms with Gasteiger partial charge in [-0.2, -0.15) is 0 Å². The summed E-state index contributed by atoms with van der Waals surface area (Å²) in [6.45, 7) is 2.02. The van der Waals surface area contributed by atoms with E-state index in [0.717, 1.165) is 29.1 Å². The minimum absolute atomic E-state index is 0.0734. The number of carbonyl (C=O) groups is 1. The van der Waals surface area contributed by atoms with Gasteiger partial charge in [-0.1, -0.05) is 48.9 Å². The molecular weight excluding hydrogens is 412 g/mol. The van der Waals surface area contributed by atoms with E-state index in [1.165, 1.54) is 0 Å². The molecule has 0 bridgehead atoms. The van der Waals surface area contributed by atoms with E-state index in [1.807, 2.05) is 49.4 Å². The second kappa shape index (κ2) is 9.62. The van der Waals surface area contributed by atoms with Crippen molar-refractivity contribution in [2.45, 2.75) is 32.2 Å². The van der Waals surface area contributed by atoms with Gasteiger partial charge in [0, 0.05) is 23.4 Å². The Hall–Kier alpha value is -3.38. The number of benzene rings is 2. The maximum Gasteiger partial charge on any atom is 0.221 e. The Balaban J connectivity index is 1.34. The Morgan fingerprint density at radius 2 is 1.84 bits per heavy atom. The molecule has 0 saturated heterocycles. The normalized spacial score (nSPS) is 11.9. The van der Waals surface area contributed by atoms with Crippen molar-refractivity contribution in [2.24, 2.45) is 0 Å². The van der Waals surface area contributed by atoms with Crippen LogP contribution in [0.1, 0.15) is 37.5 Å². The van der Waals surface area contributed by atoms with Crippen molar-refractivity contribution >= 4 is 17.5 Å². The van der Waals surface area contributed by atoms with E-state index in [9.17, 15) is 4.79 Å². The summed E-state index contributed by atoms with van der Waals surface area (Å²) in [7, 11) is 0. The van der Waals surface area contributed by atoms with Gasteiger partial charge in [0.05, 0.1) is 24.1 Å². The highest BCUT2D eigenvalue weighted by Gasteiger charge is 2.17. The molecule has 7 heteroatoms. The molecule has 2 heterocycles. The highest BCUT2D eigenvalue weighted by atomic mass is 35.5. The fraction of sp³-hybridized carbons (Fsp3) is 0.208. The maximum absolute atomic E-state index is 12.5. The van der Waals surface area contributed by atoms with Crippen molar-refractivity contribution < 1.29 is 9.21 Å². The van der Waals surface area contributed by atoms with Crippen LogP contribution in [0.2, 0.25) is 5.02 Å². The van der Waals surface area contributed by atoms with Crippen LogP contribution in [0.3, 0.4) is 0 Å². The second-order valence-electron chi connectivity index (χ2n) is 7.20. The minimum Gasteiger partial charge on any atom is -0.441 e. The lowest BCUT2D eigenvalue weighted by atomic mass is 10.2. The molecule has 1 atom stereocenters. The topological polar surface area (TPSA) is 83.8 Å². The highest BCUT2D eigenvalue weighted by Crippen LogP contribution is 2.23. The van der Waals surface area contributed by atoms with Crippen molar-refractivity contribution in [1.82, 2.24) is 20.3 Å². The second-order valence-corrected chi connectivity index (χ2v) is 7.64. The van der Waals surface area contributed by atoms with Gasteiger partial charge in [-0.05, 0) is 36.2 Å². The lowest BCUT2D eigenvalue weighted by Crippen LogP contribution is -2.29. The predicted octanol–water partition coefficient (Wildman–Crippen LogP) is 5.59. The van der Waals surface area contributed by atoms with Gasteiger partial charge in [-0.15, -0.1) is 0 Å². The first-order valence-electron chi connectivity index (χ1n) is 10.2. The van der Waals surface area contributed by atoms with Crippen LogP contribution >= 0.6 is 11.6 Å². The highest BCUT2D eigenvalue weighted by molar-refractivity contribution is 6.30. The number of hydrogen-bond acceptors (Lipinski definition) is 4. The van der Waals surface area contributed by atoms with Crippen LogP contribution in [0.5, 0.6) is 0 Å². The van der Waals surface area contributed by atoms with Gasteiger partial charge in [0.1, 0.15) is 5.82 Å². The van der Waals surface area contributed by atoms with E-state index in [1.54, 1.807) is 24.5 Å². The zero-order chi connectivity index (χ0) is 21.6. The van der Waals surface area contributed by atoms with Crippen molar-refractivity contribution in [3.05, 3.63) is 83.7 Å². The van der Waals surface area contributed by atoms with E-state index in [-0.39, 0.29) is 18.4 Å². The van der Waals surface area contributed by atoms with E-state index < -0.39 is 0 Å². The third-order valence-electron chi connectivity index (χ3n) is 5.00. The monoisotopic (exact) mass is 434 g/mol. The molecular formula is C24H23ClN4O2. The molecule has 0 saturated carbocycles. The third-order valence-corrected chi connectivity index (χ3v) is 5.25. The quantitative estimate of drug-likeness (QED) is 0.379. The summed E-state index contributed by atoms with van der Waals surface area (Å²) in [4.78, 5) is 24.6. The summed E-state index contributed by atoms with van der Waals surface area (Å²) in [5, 5.41) is 3.71. The molecule has 0 spiro atoms. The number of nitrogens with zero attached hydrogens (tertiary/aromatic N) is 2. The molecule has 0 aliphatic carbocycles. The van der Waals surface area contributed by atoms with Gasteiger partial charge in [-0.3, -0.25) is 4.79 Å². The first kappa shape index (κ1) is 20.9. The summed E-state index contributed by atoms with van der Waals surface area (Å²) in [5.41, 5.74) is 2.88. The third kappa shape index (κ3) is 5.22. The van der Waals surface area contributed by atoms with Gasteiger partial charge in [-0.25, -0.2) is 9.97 Å². The molecule has 4 aromatic rings.